The lowest BCUT2D eigenvalue weighted by molar-refractivity contribution is -0.142. The van der Waals surface area contributed by atoms with Crippen molar-refractivity contribution >= 4 is 29.5 Å². The Bertz CT molecular complexity index is 323. The Morgan fingerprint density at radius 2 is 2.59 bits per heavy atom. The smallest absolute Gasteiger partial charge is 0.320 e. The number of carboxylic acid groups (broad SMARTS) is 1. The van der Waals surface area contributed by atoms with Gasteiger partial charge in [-0.15, -0.1) is 11.8 Å². The Hall–Kier alpha value is -0.330. The molecule has 1 fully saturated rings. The number of rotatable bonds is 5. The first kappa shape index (κ1) is 13.1. The molecule has 2 heterocycles. The summed E-state index contributed by atoms with van der Waals surface area (Å²) < 4.78 is 1.31. The maximum absolute atomic E-state index is 11.0. The molecule has 0 aromatic heterocycles. The van der Waals surface area contributed by atoms with Crippen molar-refractivity contribution in [2.45, 2.75) is 31.2 Å². The third-order valence-corrected chi connectivity index (χ3v) is 5.27. The Morgan fingerprint density at radius 3 is 3.24 bits per heavy atom. The third-order valence-electron chi connectivity index (χ3n) is 3.00. The van der Waals surface area contributed by atoms with Gasteiger partial charge in [-0.05, 0) is 26.3 Å². The van der Waals surface area contributed by atoms with Gasteiger partial charge in [0.05, 0.1) is 9.61 Å². The van der Waals surface area contributed by atoms with Crippen molar-refractivity contribution in [3.63, 3.8) is 0 Å². The van der Waals surface area contributed by atoms with Crippen molar-refractivity contribution in [1.29, 1.82) is 0 Å². The van der Waals surface area contributed by atoms with Gasteiger partial charge in [0.25, 0.3) is 0 Å². The lowest BCUT2D eigenvalue weighted by atomic mass is 10.2. The van der Waals surface area contributed by atoms with Crippen LogP contribution in [0.5, 0.6) is 0 Å². The van der Waals surface area contributed by atoms with Gasteiger partial charge in [0.2, 0.25) is 0 Å². The highest BCUT2D eigenvalue weighted by atomic mass is 32.2. The number of hydrogen-bond acceptors (Lipinski definition) is 5. The first-order chi connectivity index (χ1) is 8.16. The molecule has 0 aromatic carbocycles. The Balaban J connectivity index is 1.70. The highest BCUT2D eigenvalue weighted by molar-refractivity contribution is 8.22. The normalized spacial score (nSPS) is 29.1. The zero-order chi connectivity index (χ0) is 12.3. The number of thioether (sulfide) groups is 2. The predicted octanol–water partition coefficient (Wildman–Crippen LogP) is 1.75. The van der Waals surface area contributed by atoms with Crippen molar-refractivity contribution in [3.05, 3.63) is 10.4 Å². The SMILES string of the molecule is CC1NC=C(SCCN2CCC[C@H]2C(=O)O)S1. The summed E-state index contributed by atoms with van der Waals surface area (Å²) in [5, 5.41) is 12.8. The van der Waals surface area contributed by atoms with Crippen LogP contribution in [0.4, 0.5) is 0 Å². The predicted molar refractivity (Wildman–Crippen MR) is 73.0 cm³/mol. The molecule has 0 bridgehead atoms. The fourth-order valence-corrected chi connectivity index (χ4v) is 4.39. The van der Waals surface area contributed by atoms with E-state index in [1.165, 1.54) is 4.24 Å². The fraction of sp³-hybridized carbons (Fsp3) is 0.727. The number of nitrogens with zero attached hydrogens (tertiary/aromatic N) is 1. The van der Waals surface area contributed by atoms with Crippen LogP contribution >= 0.6 is 23.5 Å². The molecule has 0 spiro atoms. The van der Waals surface area contributed by atoms with E-state index in [0.717, 1.165) is 31.7 Å². The summed E-state index contributed by atoms with van der Waals surface area (Å²) in [7, 11) is 0. The van der Waals surface area contributed by atoms with Crippen LogP contribution in [0.3, 0.4) is 0 Å². The van der Waals surface area contributed by atoms with E-state index in [0.29, 0.717) is 5.37 Å². The van der Waals surface area contributed by atoms with Gasteiger partial charge in [0.1, 0.15) is 6.04 Å². The molecule has 96 valence electrons. The second-order valence-electron chi connectivity index (χ2n) is 4.27. The van der Waals surface area contributed by atoms with Crippen molar-refractivity contribution in [2.24, 2.45) is 0 Å². The molecule has 2 aliphatic heterocycles. The maximum atomic E-state index is 11.0. The molecule has 2 N–H and O–H groups in total. The highest BCUT2D eigenvalue weighted by Crippen LogP contribution is 2.34. The summed E-state index contributed by atoms with van der Waals surface area (Å²) in [6.07, 6.45) is 3.87. The molecule has 0 saturated carbocycles. The molecule has 2 aliphatic rings. The number of carbonyl (C=O) groups is 1. The molecule has 2 atom stereocenters. The second-order valence-corrected chi connectivity index (χ2v) is 7.05. The van der Waals surface area contributed by atoms with Gasteiger partial charge < -0.3 is 10.4 Å². The fourth-order valence-electron chi connectivity index (χ4n) is 2.14. The lowest BCUT2D eigenvalue weighted by Gasteiger charge is -2.20. The highest BCUT2D eigenvalue weighted by Gasteiger charge is 2.29. The van der Waals surface area contributed by atoms with Crippen LogP contribution in [-0.2, 0) is 4.79 Å². The van der Waals surface area contributed by atoms with Crippen LogP contribution < -0.4 is 5.32 Å². The van der Waals surface area contributed by atoms with E-state index in [9.17, 15) is 4.79 Å². The molecule has 17 heavy (non-hydrogen) atoms. The minimum absolute atomic E-state index is 0.252. The van der Waals surface area contributed by atoms with Gasteiger partial charge in [0.15, 0.2) is 0 Å². The lowest BCUT2D eigenvalue weighted by Crippen LogP contribution is -2.37. The molecule has 0 amide bonds. The monoisotopic (exact) mass is 274 g/mol. The molecule has 1 unspecified atom stereocenters. The van der Waals surface area contributed by atoms with Crippen molar-refractivity contribution in [1.82, 2.24) is 10.2 Å². The molecule has 0 aliphatic carbocycles. The average Bonchev–Trinajstić information content (AvgIpc) is 2.87. The summed E-state index contributed by atoms with van der Waals surface area (Å²) >= 11 is 3.65. The molecule has 4 nitrogen and oxygen atoms in total. The van der Waals surface area contributed by atoms with Crippen LogP contribution in [0.2, 0.25) is 0 Å². The summed E-state index contributed by atoms with van der Waals surface area (Å²) in [6.45, 7) is 3.93. The number of carboxylic acids is 1. The average molecular weight is 274 g/mol. The zero-order valence-electron chi connectivity index (χ0n) is 9.89. The van der Waals surface area contributed by atoms with Gasteiger partial charge in [-0.1, -0.05) is 11.8 Å². The van der Waals surface area contributed by atoms with Gasteiger partial charge in [-0.2, -0.15) is 0 Å². The first-order valence-electron chi connectivity index (χ1n) is 5.89. The van der Waals surface area contributed by atoms with E-state index in [1.807, 2.05) is 23.5 Å². The first-order valence-corrected chi connectivity index (χ1v) is 7.76. The third kappa shape index (κ3) is 3.56. The number of likely N-dealkylation sites (tertiary alicyclic amines) is 1. The van der Waals surface area contributed by atoms with E-state index >= 15 is 0 Å². The Labute approximate surface area is 110 Å². The standard InChI is InChI=1S/C11H18N2O2S2/c1-8-12-7-10(17-8)16-6-5-13-4-2-3-9(13)11(14)15/h7-9,12H,2-6H2,1H3,(H,14,15)/t8?,9-/m0/s1. The number of aliphatic carboxylic acids is 1. The van der Waals surface area contributed by atoms with Gasteiger partial charge in [-0.3, -0.25) is 9.69 Å². The largest absolute Gasteiger partial charge is 0.480 e. The Kier molecular flexibility index (Phi) is 4.64. The summed E-state index contributed by atoms with van der Waals surface area (Å²) in [5.41, 5.74) is 0. The molecule has 0 aromatic rings. The van der Waals surface area contributed by atoms with Crippen molar-refractivity contribution in [3.8, 4) is 0 Å². The van der Waals surface area contributed by atoms with Gasteiger partial charge in [-0.25, -0.2) is 0 Å². The topological polar surface area (TPSA) is 52.6 Å². The van der Waals surface area contributed by atoms with Gasteiger partial charge in [0, 0.05) is 18.5 Å². The van der Waals surface area contributed by atoms with Crippen LogP contribution in [0, 0.1) is 0 Å². The Morgan fingerprint density at radius 1 is 1.76 bits per heavy atom. The quantitative estimate of drug-likeness (QED) is 0.796. The van der Waals surface area contributed by atoms with E-state index in [-0.39, 0.29) is 6.04 Å². The van der Waals surface area contributed by atoms with Crippen LogP contribution in [0.15, 0.2) is 10.4 Å². The molecule has 1 saturated heterocycles. The zero-order valence-corrected chi connectivity index (χ0v) is 11.5. The van der Waals surface area contributed by atoms with Crippen LogP contribution in [0.25, 0.3) is 0 Å². The minimum atomic E-state index is -0.669. The maximum Gasteiger partial charge on any atom is 0.320 e. The minimum Gasteiger partial charge on any atom is -0.480 e. The summed E-state index contributed by atoms with van der Waals surface area (Å²) in [6, 6.07) is -0.252. The van der Waals surface area contributed by atoms with Gasteiger partial charge >= 0.3 is 5.97 Å². The van der Waals surface area contributed by atoms with Crippen LogP contribution in [-0.4, -0.2) is 46.2 Å². The van der Waals surface area contributed by atoms with Crippen molar-refractivity contribution in [2.75, 3.05) is 18.8 Å². The molecular formula is C11H18N2O2S2. The second kappa shape index (κ2) is 6.02. The van der Waals surface area contributed by atoms with E-state index < -0.39 is 5.97 Å². The van der Waals surface area contributed by atoms with E-state index in [4.69, 9.17) is 5.11 Å². The van der Waals surface area contributed by atoms with E-state index in [1.54, 1.807) is 0 Å². The molecule has 6 heteroatoms. The van der Waals surface area contributed by atoms with Crippen molar-refractivity contribution < 1.29 is 9.90 Å². The number of hydrogen-bond donors (Lipinski definition) is 2. The number of nitrogens with one attached hydrogen (secondary N) is 1. The molecule has 0 radical (unpaired) electrons. The molecule has 2 rings (SSSR count). The summed E-state index contributed by atoms with van der Waals surface area (Å²) in [5.74, 6) is 0.300. The molecular weight excluding hydrogens is 256 g/mol. The van der Waals surface area contributed by atoms with E-state index in [2.05, 4.69) is 23.3 Å². The van der Waals surface area contributed by atoms with Crippen LogP contribution in [0.1, 0.15) is 19.8 Å². The summed E-state index contributed by atoms with van der Waals surface area (Å²) in [4.78, 5) is 13.1.